The SMILES string of the molecule is CC1CCN(C(=O)c2nc(C(=O)N3CCCCCC3)c3n2CCCC3)CC1. The zero-order chi connectivity index (χ0) is 18.8. The van der Waals surface area contributed by atoms with Crippen molar-refractivity contribution in [2.24, 2.45) is 5.92 Å². The molecule has 0 unspecified atom stereocenters. The summed E-state index contributed by atoms with van der Waals surface area (Å²) in [5, 5.41) is 0. The molecule has 6 nitrogen and oxygen atoms in total. The third-order valence-electron chi connectivity index (χ3n) is 6.48. The number of rotatable bonds is 2. The highest BCUT2D eigenvalue weighted by atomic mass is 16.2. The molecule has 0 aliphatic carbocycles. The third kappa shape index (κ3) is 3.76. The lowest BCUT2D eigenvalue weighted by atomic mass is 9.99. The van der Waals surface area contributed by atoms with Crippen LogP contribution in [0.3, 0.4) is 0 Å². The zero-order valence-corrected chi connectivity index (χ0v) is 16.6. The van der Waals surface area contributed by atoms with Crippen molar-refractivity contribution in [3.63, 3.8) is 0 Å². The maximum atomic E-state index is 13.2. The van der Waals surface area contributed by atoms with Gasteiger partial charge in [0.1, 0.15) is 5.69 Å². The minimum atomic E-state index is 0.0139. The molecule has 4 heterocycles. The number of amides is 2. The van der Waals surface area contributed by atoms with Crippen molar-refractivity contribution in [2.75, 3.05) is 26.2 Å². The Morgan fingerprint density at radius 1 is 0.815 bits per heavy atom. The molecule has 2 saturated heterocycles. The Bertz CT molecular complexity index is 695. The van der Waals surface area contributed by atoms with Crippen molar-refractivity contribution in [3.05, 3.63) is 17.2 Å². The largest absolute Gasteiger partial charge is 0.337 e. The molecule has 3 aliphatic heterocycles. The van der Waals surface area contributed by atoms with E-state index in [1.54, 1.807) is 0 Å². The summed E-state index contributed by atoms with van der Waals surface area (Å²) < 4.78 is 2.05. The van der Waals surface area contributed by atoms with Gasteiger partial charge in [0.25, 0.3) is 11.8 Å². The van der Waals surface area contributed by atoms with Crippen molar-refractivity contribution >= 4 is 11.8 Å². The van der Waals surface area contributed by atoms with Crippen LogP contribution in [0.1, 0.15) is 85.1 Å². The number of imidazole rings is 1. The summed E-state index contributed by atoms with van der Waals surface area (Å²) in [7, 11) is 0. The Hall–Kier alpha value is -1.85. The van der Waals surface area contributed by atoms with Crippen LogP contribution in [-0.2, 0) is 13.0 Å². The lowest BCUT2D eigenvalue weighted by Gasteiger charge is -2.30. The van der Waals surface area contributed by atoms with Gasteiger partial charge in [-0.3, -0.25) is 9.59 Å². The Morgan fingerprint density at radius 3 is 2.15 bits per heavy atom. The van der Waals surface area contributed by atoms with E-state index < -0.39 is 0 Å². The third-order valence-corrected chi connectivity index (χ3v) is 6.48. The first-order chi connectivity index (χ1) is 13.1. The maximum absolute atomic E-state index is 13.2. The van der Waals surface area contributed by atoms with Crippen LogP contribution in [0, 0.1) is 5.92 Å². The van der Waals surface area contributed by atoms with Gasteiger partial charge < -0.3 is 14.4 Å². The van der Waals surface area contributed by atoms with Crippen LogP contribution in [0.4, 0.5) is 0 Å². The van der Waals surface area contributed by atoms with Crippen LogP contribution in [0.2, 0.25) is 0 Å². The summed E-state index contributed by atoms with van der Waals surface area (Å²) in [6.07, 6.45) is 9.62. The fourth-order valence-electron chi connectivity index (χ4n) is 4.65. The van der Waals surface area contributed by atoms with Gasteiger partial charge in [0.2, 0.25) is 0 Å². The predicted molar refractivity (Wildman–Crippen MR) is 104 cm³/mol. The van der Waals surface area contributed by atoms with Gasteiger partial charge in [-0.15, -0.1) is 0 Å². The highest BCUT2D eigenvalue weighted by Gasteiger charge is 2.32. The van der Waals surface area contributed by atoms with Gasteiger partial charge in [0, 0.05) is 32.7 Å². The van der Waals surface area contributed by atoms with Gasteiger partial charge in [0.15, 0.2) is 5.82 Å². The highest BCUT2D eigenvalue weighted by molar-refractivity contribution is 5.97. The van der Waals surface area contributed by atoms with Crippen molar-refractivity contribution in [3.8, 4) is 0 Å². The van der Waals surface area contributed by atoms with Crippen LogP contribution in [0.25, 0.3) is 0 Å². The molecule has 2 amide bonds. The molecule has 4 rings (SSSR count). The number of fused-ring (bicyclic) bond motifs is 1. The predicted octanol–water partition coefficient (Wildman–Crippen LogP) is 3.11. The number of piperidine rings is 1. The molecule has 1 aromatic heterocycles. The molecule has 0 spiro atoms. The number of likely N-dealkylation sites (tertiary alicyclic amines) is 2. The van der Waals surface area contributed by atoms with E-state index in [4.69, 9.17) is 0 Å². The Kier molecular flexibility index (Phi) is 5.50. The highest BCUT2D eigenvalue weighted by Crippen LogP contribution is 2.25. The average molecular weight is 373 g/mol. The Labute approximate surface area is 161 Å². The summed E-state index contributed by atoms with van der Waals surface area (Å²) in [6, 6.07) is 0. The molecule has 3 aliphatic rings. The smallest absolute Gasteiger partial charge is 0.289 e. The standard InChI is InChI=1S/C21H32N4O2/c1-16-9-14-24(15-10-16)21(27)19-22-18(17-8-4-7-13-25(17)19)20(26)23-11-5-2-3-6-12-23/h16H,2-15H2,1H3. The van der Waals surface area contributed by atoms with Crippen molar-refractivity contribution in [1.29, 1.82) is 0 Å². The molecule has 6 heteroatoms. The fraction of sp³-hybridized carbons (Fsp3) is 0.762. The van der Waals surface area contributed by atoms with Gasteiger partial charge in [-0.25, -0.2) is 4.98 Å². The molecule has 0 N–H and O–H groups in total. The number of aromatic nitrogens is 2. The van der Waals surface area contributed by atoms with Gasteiger partial charge in [0.05, 0.1) is 5.69 Å². The zero-order valence-electron chi connectivity index (χ0n) is 16.6. The van der Waals surface area contributed by atoms with Crippen LogP contribution in [0.5, 0.6) is 0 Å². The van der Waals surface area contributed by atoms with E-state index in [9.17, 15) is 9.59 Å². The molecule has 0 bridgehead atoms. The second-order valence-electron chi connectivity index (χ2n) is 8.52. The topological polar surface area (TPSA) is 58.4 Å². The van der Waals surface area contributed by atoms with E-state index in [0.29, 0.717) is 17.4 Å². The summed E-state index contributed by atoms with van der Waals surface area (Å²) in [4.78, 5) is 34.9. The van der Waals surface area contributed by atoms with E-state index >= 15 is 0 Å². The minimum Gasteiger partial charge on any atom is -0.337 e. The number of hydrogen-bond donors (Lipinski definition) is 0. The first kappa shape index (κ1) is 18.5. The maximum Gasteiger partial charge on any atom is 0.289 e. The Morgan fingerprint density at radius 2 is 1.44 bits per heavy atom. The monoisotopic (exact) mass is 372 g/mol. The molecule has 0 aromatic carbocycles. The quantitative estimate of drug-likeness (QED) is 0.801. The van der Waals surface area contributed by atoms with Crippen LogP contribution in [-0.4, -0.2) is 57.3 Å². The van der Waals surface area contributed by atoms with Crippen molar-refractivity contribution < 1.29 is 9.59 Å². The summed E-state index contributed by atoms with van der Waals surface area (Å²) in [6.45, 7) is 6.30. The van der Waals surface area contributed by atoms with E-state index in [2.05, 4.69) is 16.5 Å². The average Bonchev–Trinajstić information content (AvgIpc) is 2.87. The molecule has 27 heavy (non-hydrogen) atoms. The summed E-state index contributed by atoms with van der Waals surface area (Å²) >= 11 is 0. The normalized spacial score (nSPS) is 21.7. The molecule has 148 valence electrons. The fourth-order valence-corrected chi connectivity index (χ4v) is 4.65. The van der Waals surface area contributed by atoms with E-state index in [1.807, 2.05) is 9.80 Å². The van der Waals surface area contributed by atoms with Gasteiger partial charge in [-0.2, -0.15) is 0 Å². The van der Waals surface area contributed by atoms with Crippen molar-refractivity contribution in [2.45, 2.75) is 71.3 Å². The number of carbonyl (C=O) groups excluding carboxylic acids is 2. The van der Waals surface area contributed by atoms with E-state index in [0.717, 1.165) is 83.4 Å². The number of carbonyl (C=O) groups is 2. The van der Waals surface area contributed by atoms with Gasteiger partial charge in [-0.1, -0.05) is 19.8 Å². The van der Waals surface area contributed by atoms with Crippen LogP contribution in [0.15, 0.2) is 0 Å². The molecule has 0 radical (unpaired) electrons. The number of nitrogens with zero attached hydrogens (tertiary/aromatic N) is 4. The second kappa shape index (κ2) is 8.03. The Balaban J connectivity index is 1.61. The first-order valence-corrected chi connectivity index (χ1v) is 10.8. The molecule has 2 fully saturated rings. The van der Waals surface area contributed by atoms with Gasteiger partial charge in [-0.05, 0) is 50.9 Å². The summed E-state index contributed by atoms with van der Waals surface area (Å²) in [5.41, 5.74) is 1.54. The van der Waals surface area contributed by atoms with Gasteiger partial charge >= 0.3 is 0 Å². The van der Waals surface area contributed by atoms with Crippen molar-refractivity contribution in [1.82, 2.24) is 19.4 Å². The van der Waals surface area contributed by atoms with E-state index in [1.165, 1.54) is 12.8 Å². The minimum absolute atomic E-state index is 0.0139. The number of hydrogen-bond acceptors (Lipinski definition) is 3. The van der Waals surface area contributed by atoms with E-state index in [-0.39, 0.29) is 11.8 Å². The molecule has 1 aromatic rings. The molecule has 0 atom stereocenters. The summed E-state index contributed by atoms with van der Waals surface area (Å²) in [5.74, 6) is 1.23. The molecular formula is C21H32N4O2. The molecular weight excluding hydrogens is 340 g/mol. The lowest BCUT2D eigenvalue weighted by Crippen LogP contribution is -2.39. The van der Waals surface area contributed by atoms with Crippen LogP contribution < -0.4 is 0 Å². The lowest BCUT2D eigenvalue weighted by molar-refractivity contribution is 0.0678. The second-order valence-corrected chi connectivity index (χ2v) is 8.52. The van der Waals surface area contributed by atoms with Crippen LogP contribution >= 0.6 is 0 Å². The first-order valence-electron chi connectivity index (χ1n) is 10.8. The molecule has 0 saturated carbocycles.